The summed E-state index contributed by atoms with van der Waals surface area (Å²) in [7, 11) is 0. The van der Waals surface area contributed by atoms with Crippen molar-refractivity contribution >= 4 is 5.91 Å². The van der Waals surface area contributed by atoms with Crippen LogP contribution < -0.4 is 4.74 Å². The van der Waals surface area contributed by atoms with Gasteiger partial charge in [-0.05, 0) is 24.3 Å². The van der Waals surface area contributed by atoms with Crippen molar-refractivity contribution in [3.63, 3.8) is 0 Å². The van der Waals surface area contributed by atoms with Crippen molar-refractivity contribution in [2.75, 3.05) is 13.2 Å². The van der Waals surface area contributed by atoms with Crippen molar-refractivity contribution in [1.82, 2.24) is 19.4 Å². The molecule has 3 aromatic rings. The van der Waals surface area contributed by atoms with E-state index in [9.17, 15) is 4.79 Å². The fraction of sp³-hybridized carbons (Fsp3) is 0.278. The van der Waals surface area contributed by atoms with E-state index in [2.05, 4.69) is 14.5 Å². The molecule has 1 atom stereocenters. The highest BCUT2D eigenvalue weighted by atomic mass is 16.5. The molecule has 3 aromatic heterocycles. The minimum atomic E-state index is -0.132. The second-order valence-electron chi connectivity index (χ2n) is 6.02. The van der Waals surface area contributed by atoms with Crippen LogP contribution >= 0.6 is 0 Å². The molecule has 7 heteroatoms. The van der Waals surface area contributed by atoms with Crippen LogP contribution in [0.3, 0.4) is 0 Å². The lowest BCUT2D eigenvalue weighted by molar-refractivity contribution is 0.0668. The molecule has 0 unspecified atom stereocenters. The van der Waals surface area contributed by atoms with E-state index in [1.165, 1.54) is 6.26 Å². The summed E-state index contributed by atoms with van der Waals surface area (Å²) in [5, 5.41) is 0. The maximum Gasteiger partial charge on any atom is 0.289 e. The number of aromatic nitrogens is 3. The molecule has 0 aliphatic carbocycles. The van der Waals surface area contributed by atoms with E-state index in [1.807, 2.05) is 18.3 Å². The van der Waals surface area contributed by atoms with Crippen molar-refractivity contribution in [3.05, 3.63) is 66.9 Å². The van der Waals surface area contributed by atoms with Crippen molar-refractivity contribution in [2.24, 2.45) is 5.92 Å². The lowest BCUT2D eigenvalue weighted by atomic mass is 10.1. The van der Waals surface area contributed by atoms with Crippen LogP contribution in [0.5, 0.6) is 5.75 Å². The summed E-state index contributed by atoms with van der Waals surface area (Å²) >= 11 is 0. The van der Waals surface area contributed by atoms with Crippen LogP contribution in [0.25, 0.3) is 0 Å². The highest BCUT2D eigenvalue weighted by molar-refractivity contribution is 5.91. The molecule has 7 nitrogen and oxygen atoms in total. The van der Waals surface area contributed by atoms with Crippen LogP contribution in [-0.2, 0) is 13.1 Å². The second kappa shape index (κ2) is 6.80. The molecule has 128 valence electrons. The molecule has 1 aliphatic heterocycles. The average molecular weight is 338 g/mol. The Bertz CT molecular complexity index is 829. The van der Waals surface area contributed by atoms with Gasteiger partial charge in [0, 0.05) is 37.6 Å². The predicted molar refractivity (Wildman–Crippen MR) is 88.9 cm³/mol. The summed E-state index contributed by atoms with van der Waals surface area (Å²) in [6.07, 6.45) is 8.60. The van der Waals surface area contributed by atoms with Gasteiger partial charge in [0.05, 0.1) is 25.6 Å². The van der Waals surface area contributed by atoms with E-state index < -0.39 is 0 Å². The van der Waals surface area contributed by atoms with Gasteiger partial charge in [-0.15, -0.1) is 0 Å². The van der Waals surface area contributed by atoms with Gasteiger partial charge < -0.3 is 18.6 Å². The van der Waals surface area contributed by atoms with E-state index in [0.717, 1.165) is 18.1 Å². The van der Waals surface area contributed by atoms with Crippen LogP contribution in [0.2, 0.25) is 0 Å². The Balaban J connectivity index is 1.52. The summed E-state index contributed by atoms with van der Waals surface area (Å²) in [6, 6.07) is 7.11. The number of nitrogens with zero attached hydrogens (tertiary/aromatic N) is 4. The number of rotatable bonds is 4. The van der Waals surface area contributed by atoms with Gasteiger partial charge in [-0.25, -0.2) is 4.98 Å². The summed E-state index contributed by atoms with van der Waals surface area (Å²) in [5.74, 6) is 1.93. The summed E-state index contributed by atoms with van der Waals surface area (Å²) in [5.41, 5.74) is 0. The highest BCUT2D eigenvalue weighted by Crippen LogP contribution is 2.19. The SMILES string of the molecule is O=C(c1ccco1)N1Cc2nccn2C[C@@H](COc2cccnc2)C1. The van der Waals surface area contributed by atoms with Gasteiger partial charge in [-0.1, -0.05) is 0 Å². The highest BCUT2D eigenvalue weighted by Gasteiger charge is 2.28. The fourth-order valence-corrected chi connectivity index (χ4v) is 3.00. The number of ether oxygens (including phenoxy) is 1. The lowest BCUT2D eigenvalue weighted by Gasteiger charge is -2.23. The number of fused-ring (bicyclic) bond motifs is 1. The molecule has 25 heavy (non-hydrogen) atoms. The number of carbonyl (C=O) groups excluding carboxylic acids is 1. The third kappa shape index (κ3) is 3.40. The predicted octanol–water partition coefficient (Wildman–Crippen LogP) is 2.22. The van der Waals surface area contributed by atoms with E-state index >= 15 is 0 Å². The molecule has 0 saturated carbocycles. The van der Waals surface area contributed by atoms with Crippen LogP contribution in [-0.4, -0.2) is 38.5 Å². The van der Waals surface area contributed by atoms with E-state index in [0.29, 0.717) is 25.5 Å². The van der Waals surface area contributed by atoms with Crippen molar-refractivity contribution in [2.45, 2.75) is 13.1 Å². The van der Waals surface area contributed by atoms with Gasteiger partial charge in [0.1, 0.15) is 11.6 Å². The number of amides is 1. The van der Waals surface area contributed by atoms with Crippen molar-refractivity contribution in [3.8, 4) is 5.75 Å². The number of hydrogen-bond donors (Lipinski definition) is 0. The number of hydrogen-bond acceptors (Lipinski definition) is 5. The zero-order valence-corrected chi connectivity index (χ0v) is 13.6. The first kappa shape index (κ1) is 15.4. The molecule has 0 radical (unpaired) electrons. The Kier molecular flexibility index (Phi) is 4.20. The first-order chi connectivity index (χ1) is 12.3. The van der Waals surface area contributed by atoms with Gasteiger partial charge >= 0.3 is 0 Å². The van der Waals surface area contributed by atoms with Crippen LogP contribution in [0.15, 0.2) is 59.7 Å². The third-order valence-electron chi connectivity index (χ3n) is 4.21. The molecule has 1 aliphatic rings. The zero-order valence-electron chi connectivity index (χ0n) is 13.6. The zero-order chi connectivity index (χ0) is 17.1. The van der Waals surface area contributed by atoms with Gasteiger partial charge in [-0.3, -0.25) is 9.78 Å². The smallest absolute Gasteiger partial charge is 0.289 e. The number of imidazole rings is 1. The summed E-state index contributed by atoms with van der Waals surface area (Å²) in [6.45, 7) is 2.27. The normalized spacial score (nSPS) is 17.0. The van der Waals surface area contributed by atoms with Crippen LogP contribution in [0, 0.1) is 5.92 Å². The Hall–Kier alpha value is -3.09. The van der Waals surface area contributed by atoms with E-state index in [4.69, 9.17) is 9.15 Å². The van der Waals surface area contributed by atoms with Crippen LogP contribution in [0.1, 0.15) is 16.4 Å². The lowest BCUT2D eigenvalue weighted by Crippen LogP contribution is -2.35. The van der Waals surface area contributed by atoms with Gasteiger partial charge in [0.25, 0.3) is 5.91 Å². The Morgan fingerprint density at radius 3 is 3.04 bits per heavy atom. The Labute approximate surface area is 144 Å². The molecule has 0 fully saturated rings. The molecule has 4 rings (SSSR count). The second-order valence-corrected chi connectivity index (χ2v) is 6.02. The minimum Gasteiger partial charge on any atom is -0.492 e. The molecule has 4 heterocycles. The van der Waals surface area contributed by atoms with E-state index in [-0.39, 0.29) is 11.8 Å². The average Bonchev–Trinajstić information content (AvgIpc) is 3.29. The standard InChI is InChI=1S/C18H18N4O3/c23-18(16-4-2-8-24-16)22-11-14(10-21-7-6-20-17(21)12-22)13-25-15-3-1-5-19-9-15/h1-9,14H,10-13H2/t14-/m1/s1. The monoisotopic (exact) mass is 338 g/mol. The minimum absolute atomic E-state index is 0.132. The Morgan fingerprint density at radius 1 is 1.28 bits per heavy atom. The Morgan fingerprint density at radius 2 is 2.24 bits per heavy atom. The summed E-state index contributed by atoms with van der Waals surface area (Å²) in [4.78, 5) is 22.9. The van der Waals surface area contributed by atoms with Gasteiger partial charge in [-0.2, -0.15) is 0 Å². The molecule has 0 aromatic carbocycles. The van der Waals surface area contributed by atoms with Gasteiger partial charge in [0.15, 0.2) is 5.76 Å². The van der Waals surface area contributed by atoms with E-state index in [1.54, 1.807) is 35.6 Å². The molecular formula is C18H18N4O3. The quantitative estimate of drug-likeness (QED) is 0.729. The molecular weight excluding hydrogens is 320 g/mol. The molecule has 0 bridgehead atoms. The first-order valence-electron chi connectivity index (χ1n) is 8.15. The molecule has 0 spiro atoms. The van der Waals surface area contributed by atoms with Crippen LogP contribution in [0.4, 0.5) is 0 Å². The first-order valence-corrected chi connectivity index (χ1v) is 8.15. The van der Waals surface area contributed by atoms with Gasteiger partial charge in [0.2, 0.25) is 0 Å². The third-order valence-corrected chi connectivity index (χ3v) is 4.21. The maximum atomic E-state index is 12.7. The number of furan rings is 1. The molecule has 0 saturated heterocycles. The summed E-state index contributed by atoms with van der Waals surface area (Å²) < 4.78 is 13.2. The fourth-order valence-electron chi connectivity index (χ4n) is 3.00. The van der Waals surface area contributed by atoms with Crippen molar-refractivity contribution < 1.29 is 13.9 Å². The largest absolute Gasteiger partial charge is 0.492 e. The molecule has 1 amide bonds. The van der Waals surface area contributed by atoms with Crippen molar-refractivity contribution in [1.29, 1.82) is 0 Å². The topological polar surface area (TPSA) is 73.4 Å². The number of pyridine rings is 1. The maximum absolute atomic E-state index is 12.7. The number of carbonyl (C=O) groups is 1. The molecule has 0 N–H and O–H groups in total.